The lowest BCUT2D eigenvalue weighted by molar-refractivity contribution is -0.159. The first kappa shape index (κ1) is 11.4. The maximum absolute atomic E-state index is 9.10. The Morgan fingerprint density at radius 2 is 1.85 bits per heavy atom. The van der Waals surface area contributed by atoms with Crippen LogP contribution in [0.3, 0.4) is 0 Å². The van der Waals surface area contributed by atoms with Crippen LogP contribution in [0.5, 0.6) is 0 Å². The van der Waals surface area contributed by atoms with Crippen LogP contribution in [0.1, 0.15) is 13.3 Å². The first-order valence-electron chi connectivity index (χ1n) is 3.54. The molecule has 1 fully saturated rings. The van der Waals surface area contributed by atoms with Crippen molar-refractivity contribution in [3.8, 4) is 6.07 Å². The lowest BCUT2D eigenvalue weighted by atomic mass is 9.93. The van der Waals surface area contributed by atoms with Crippen LogP contribution in [0.4, 0.5) is 0 Å². The van der Waals surface area contributed by atoms with Gasteiger partial charge in [0.2, 0.25) is 0 Å². The number of rotatable bonds is 0. The van der Waals surface area contributed by atoms with Crippen LogP contribution >= 0.6 is 0 Å². The quantitative estimate of drug-likeness (QED) is 0.436. The number of nitrogens with one attached hydrogen (secondary N) is 1. The van der Waals surface area contributed by atoms with E-state index in [4.69, 9.17) is 25.1 Å². The summed E-state index contributed by atoms with van der Waals surface area (Å²) in [6.07, 6.45) is 1.00. The fourth-order valence-corrected chi connectivity index (χ4v) is 0.595. The van der Waals surface area contributed by atoms with Gasteiger partial charge >= 0.3 is 11.9 Å². The predicted molar refractivity (Wildman–Crippen MR) is 41.9 cm³/mol. The van der Waals surface area contributed by atoms with Gasteiger partial charge in [-0.05, 0) is 19.9 Å². The SMILES string of the molecule is CC1(C#N)CCN1.O=C(O)C(=O)O. The van der Waals surface area contributed by atoms with Gasteiger partial charge in [-0.15, -0.1) is 0 Å². The minimum Gasteiger partial charge on any atom is -0.473 e. The maximum Gasteiger partial charge on any atom is 0.414 e. The summed E-state index contributed by atoms with van der Waals surface area (Å²) in [7, 11) is 0. The standard InChI is InChI=1S/C5H8N2.C2H2O4/c1-5(4-6)2-3-7-5;3-1(4)2(5)6/h7H,2-3H2,1H3;(H,3,4)(H,5,6). The second-order valence-electron chi connectivity index (χ2n) is 2.73. The summed E-state index contributed by atoms with van der Waals surface area (Å²) in [5.74, 6) is -3.65. The highest BCUT2D eigenvalue weighted by molar-refractivity contribution is 6.27. The molecule has 0 spiro atoms. The van der Waals surface area contributed by atoms with E-state index in [0.717, 1.165) is 13.0 Å². The molecule has 1 saturated heterocycles. The van der Waals surface area contributed by atoms with Gasteiger partial charge in [0.05, 0.1) is 6.07 Å². The summed E-state index contributed by atoms with van der Waals surface area (Å²) < 4.78 is 0. The molecule has 0 bridgehead atoms. The van der Waals surface area contributed by atoms with Gasteiger partial charge in [0.15, 0.2) is 0 Å². The maximum atomic E-state index is 9.10. The number of aliphatic carboxylic acids is 2. The van der Waals surface area contributed by atoms with Crippen molar-refractivity contribution in [2.24, 2.45) is 0 Å². The van der Waals surface area contributed by atoms with Crippen molar-refractivity contribution in [1.29, 1.82) is 5.26 Å². The summed E-state index contributed by atoms with van der Waals surface area (Å²) in [6, 6.07) is 2.17. The van der Waals surface area contributed by atoms with Gasteiger partial charge in [-0.2, -0.15) is 5.26 Å². The van der Waals surface area contributed by atoms with Gasteiger partial charge in [0.25, 0.3) is 0 Å². The lowest BCUT2D eigenvalue weighted by Gasteiger charge is -2.32. The number of carboxylic acid groups (broad SMARTS) is 2. The molecule has 0 saturated carbocycles. The molecule has 0 amide bonds. The van der Waals surface area contributed by atoms with Crippen molar-refractivity contribution in [2.45, 2.75) is 18.9 Å². The fourth-order valence-electron chi connectivity index (χ4n) is 0.595. The zero-order valence-electron chi connectivity index (χ0n) is 7.07. The van der Waals surface area contributed by atoms with Crippen molar-refractivity contribution in [3.63, 3.8) is 0 Å². The largest absolute Gasteiger partial charge is 0.473 e. The van der Waals surface area contributed by atoms with Gasteiger partial charge in [-0.1, -0.05) is 0 Å². The normalized spacial score (nSPS) is 24.3. The number of carbonyl (C=O) groups is 2. The Balaban J connectivity index is 0.000000226. The molecule has 0 aliphatic carbocycles. The Kier molecular flexibility index (Phi) is 3.88. The predicted octanol–water partition coefficient (Wildman–Crippen LogP) is -0.582. The van der Waals surface area contributed by atoms with Gasteiger partial charge in [0, 0.05) is 0 Å². The van der Waals surface area contributed by atoms with E-state index in [-0.39, 0.29) is 5.54 Å². The first-order valence-corrected chi connectivity index (χ1v) is 3.54. The smallest absolute Gasteiger partial charge is 0.414 e. The van der Waals surface area contributed by atoms with Crippen LogP contribution in [0.25, 0.3) is 0 Å². The van der Waals surface area contributed by atoms with E-state index in [0.29, 0.717) is 0 Å². The summed E-state index contributed by atoms with van der Waals surface area (Å²) in [5, 5.41) is 26.1. The van der Waals surface area contributed by atoms with Crippen LogP contribution < -0.4 is 5.32 Å². The van der Waals surface area contributed by atoms with Crippen LogP contribution in [-0.2, 0) is 9.59 Å². The van der Waals surface area contributed by atoms with Crippen LogP contribution in [0, 0.1) is 11.3 Å². The lowest BCUT2D eigenvalue weighted by Crippen LogP contribution is -2.53. The summed E-state index contributed by atoms with van der Waals surface area (Å²) in [6.45, 7) is 2.92. The van der Waals surface area contributed by atoms with E-state index in [9.17, 15) is 0 Å². The third-order valence-electron chi connectivity index (χ3n) is 1.57. The van der Waals surface area contributed by atoms with Crippen molar-refractivity contribution >= 4 is 11.9 Å². The Morgan fingerprint density at radius 1 is 1.46 bits per heavy atom. The zero-order chi connectivity index (χ0) is 10.5. The summed E-state index contributed by atoms with van der Waals surface area (Å²) in [5.41, 5.74) is -0.181. The molecule has 1 aliphatic heterocycles. The highest BCUT2D eigenvalue weighted by Gasteiger charge is 2.30. The van der Waals surface area contributed by atoms with E-state index in [1.807, 2.05) is 6.92 Å². The number of hydrogen-bond donors (Lipinski definition) is 3. The molecule has 0 aromatic rings. The topological polar surface area (TPSA) is 110 Å². The van der Waals surface area contributed by atoms with Gasteiger partial charge in [0.1, 0.15) is 5.54 Å². The van der Waals surface area contributed by atoms with E-state index in [2.05, 4.69) is 11.4 Å². The van der Waals surface area contributed by atoms with Crippen molar-refractivity contribution in [1.82, 2.24) is 5.32 Å². The monoisotopic (exact) mass is 186 g/mol. The van der Waals surface area contributed by atoms with Crippen LogP contribution in [-0.4, -0.2) is 34.2 Å². The van der Waals surface area contributed by atoms with E-state index in [1.165, 1.54) is 0 Å². The van der Waals surface area contributed by atoms with Crippen molar-refractivity contribution in [2.75, 3.05) is 6.54 Å². The van der Waals surface area contributed by atoms with Crippen LogP contribution in [0.2, 0.25) is 0 Å². The Bertz CT molecular complexity index is 240. The molecular formula is C7H10N2O4. The Morgan fingerprint density at radius 3 is 1.85 bits per heavy atom. The molecule has 1 unspecified atom stereocenters. The molecule has 3 N–H and O–H groups in total. The molecule has 1 heterocycles. The number of nitriles is 1. The highest BCUT2D eigenvalue weighted by Crippen LogP contribution is 2.14. The fraction of sp³-hybridized carbons (Fsp3) is 0.571. The molecule has 13 heavy (non-hydrogen) atoms. The molecule has 1 rings (SSSR count). The number of nitrogens with zero attached hydrogens (tertiary/aromatic N) is 1. The minimum absolute atomic E-state index is 0.181. The van der Waals surface area contributed by atoms with Gasteiger partial charge in [-0.3, -0.25) is 5.32 Å². The third-order valence-corrected chi connectivity index (χ3v) is 1.57. The number of hydrogen-bond acceptors (Lipinski definition) is 4. The molecule has 0 aromatic carbocycles. The molecule has 6 heteroatoms. The summed E-state index contributed by atoms with van der Waals surface area (Å²) >= 11 is 0. The van der Waals surface area contributed by atoms with E-state index >= 15 is 0 Å². The zero-order valence-corrected chi connectivity index (χ0v) is 7.07. The molecule has 0 radical (unpaired) electrons. The molecule has 0 aromatic heterocycles. The second-order valence-corrected chi connectivity index (χ2v) is 2.73. The van der Waals surface area contributed by atoms with Gasteiger partial charge in [-0.25, -0.2) is 9.59 Å². The van der Waals surface area contributed by atoms with Crippen molar-refractivity contribution < 1.29 is 19.8 Å². The van der Waals surface area contributed by atoms with Gasteiger partial charge < -0.3 is 10.2 Å². The highest BCUT2D eigenvalue weighted by atomic mass is 16.4. The van der Waals surface area contributed by atoms with E-state index < -0.39 is 11.9 Å². The second kappa shape index (κ2) is 4.42. The third kappa shape index (κ3) is 4.08. The first-order chi connectivity index (χ1) is 5.91. The Labute approximate surface area is 74.8 Å². The average Bonchev–Trinajstić information content (AvgIpc) is 2.01. The number of carboxylic acids is 2. The Hall–Kier alpha value is -1.61. The molecule has 72 valence electrons. The van der Waals surface area contributed by atoms with E-state index in [1.54, 1.807) is 0 Å². The van der Waals surface area contributed by atoms with Crippen LogP contribution in [0.15, 0.2) is 0 Å². The minimum atomic E-state index is -1.82. The molecular weight excluding hydrogens is 176 g/mol. The van der Waals surface area contributed by atoms with Crippen molar-refractivity contribution in [3.05, 3.63) is 0 Å². The molecule has 1 aliphatic rings. The average molecular weight is 186 g/mol. The molecule has 6 nitrogen and oxygen atoms in total. The molecule has 1 atom stereocenters. The summed E-state index contributed by atoms with van der Waals surface area (Å²) in [4.78, 5) is 18.2.